The van der Waals surface area contributed by atoms with E-state index >= 15 is 0 Å². The molecule has 150 valence electrons. The van der Waals surface area contributed by atoms with Crippen LogP contribution in [0.2, 0.25) is 10.0 Å². The molecule has 1 N–H and O–H groups in total. The summed E-state index contributed by atoms with van der Waals surface area (Å²) in [6.45, 7) is 0.219. The first-order valence-electron chi connectivity index (χ1n) is 8.65. The van der Waals surface area contributed by atoms with Crippen molar-refractivity contribution >= 4 is 44.8 Å². The van der Waals surface area contributed by atoms with Crippen LogP contribution in [0.15, 0.2) is 77.7 Å². The minimum Gasteiger partial charge on any atom is -0.348 e. The van der Waals surface area contributed by atoms with Gasteiger partial charge < -0.3 is 5.32 Å². The number of anilines is 1. The van der Waals surface area contributed by atoms with Gasteiger partial charge in [-0.05, 0) is 48.0 Å². The van der Waals surface area contributed by atoms with E-state index in [1.54, 1.807) is 54.6 Å². The Morgan fingerprint density at radius 3 is 2.38 bits per heavy atom. The fourth-order valence-corrected chi connectivity index (χ4v) is 4.36. The lowest BCUT2D eigenvalue weighted by atomic mass is 10.1. The van der Waals surface area contributed by atoms with Crippen LogP contribution < -0.4 is 9.62 Å². The summed E-state index contributed by atoms with van der Waals surface area (Å²) >= 11 is 12.0. The molecule has 1 amide bonds. The van der Waals surface area contributed by atoms with Crippen LogP contribution in [0.1, 0.15) is 15.9 Å². The maximum Gasteiger partial charge on any atom is 0.264 e. The highest BCUT2D eigenvalue weighted by Gasteiger charge is 2.21. The molecule has 0 spiro atoms. The number of rotatable bonds is 6. The van der Waals surface area contributed by atoms with Crippen molar-refractivity contribution in [3.63, 3.8) is 0 Å². The smallest absolute Gasteiger partial charge is 0.264 e. The Morgan fingerprint density at radius 1 is 0.966 bits per heavy atom. The average molecular weight is 449 g/mol. The molecule has 0 atom stereocenters. The molecule has 0 aliphatic carbocycles. The van der Waals surface area contributed by atoms with Crippen molar-refractivity contribution < 1.29 is 13.2 Å². The summed E-state index contributed by atoms with van der Waals surface area (Å²) < 4.78 is 26.7. The number of halogens is 2. The predicted molar refractivity (Wildman–Crippen MR) is 116 cm³/mol. The minimum atomic E-state index is -3.73. The number of carbonyl (C=O) groups excluding carboxylic acids is 1. The van der Waals surface area contributed by atoms with Crippen molar-refractivity contribution in [3.05, 3.63) is 94.0 Å². The highest BCUT2D eigenvalue weighted by molar-refractivity contribution is 7.92. The number of amides is 1. The van der Waals surface area contributed by atoms with Crippen molar-refractivity contribution in [2.75, 3.05) is 11.4 Å². The lowest BCUT2D eigenvalue weighted by molar-refractivity contribution is 0.0951. The Hall–Kier alpha value is -2.54. The monoisotopic (exact) mass is 448 g/mol. The van der Waals surface area contributed by atoms with E-state index in [1.807, 2.05) is 0 Å². The molecule has 0 aliphatic heterocycles. The van der Waals surface area contributed by atoms with Gasteiger partial charge in [0.05, 0.1) is 10.6 Å². The summed E-state index contributed by atoms with van der Waals surface area (Å²) in [5.74, 6) is -0.344. The van der Waals surface area contributed by atoms with Gasteiger partial charge in [0.15, 0.2) is 0 Å². The zero-order chi connectivity index (χ0) is 21.0. The van der Waals surface area contributed by atoms with Gasteiger partial charge in [-0.3, -0.25) is 9.10 Å². The molecule has 0 heterocycles. The Labute approximate surface area is 179 Å². The van der Waals surface area contributed by atoms with Gasteiger partial charge >= 0.3 is 0 Å². The molecule has 8 heteroatoms. The van der Waals surface area contributed by atoms with E-state index in [0.29, 0.717) is 21.3 Å². The van der Waals surface area contributed by atoms with Gasteiger partial charge in [-0.2, -0.15) is 0 Å². The van der Waals surface area contributed by atoms with Crippen LogP contribution in [0.4, 0.5) is 5.69 Å². The van der Waals surface area contributed by atoms with Crippen LogP contribution in [0.5, 0.6) is 0 Å². The molecular weight excluding hydrogens is 431 g/mol. The molecule has 0 saturated heterocycles. The van der Waals surface area contributed by atoms with E-state index in [1.165, 1.54) is 25.2 Å². The van der Waals surface area contributed by atoms with Crippen molar-refractivity contribution in [1.29, 1.82) is 0 Å². The summed E-state index contributed by atoms with van der Waals surface area (Å²) in [6.07, 6.45) is 0. The van der Waals surface area contributed by atoms with E-state index in [-0.39, 0.29) is 17.3 Å². The van der Waals surface area contributed by atoms with E-state index < -0.39 is 10.0 Å². The third-order valence-corrected chi connectivity index (χ3v) is 6.71. The third-order valence-electron chi connectivity index (χ3n) is 4.33. The first-order chi connectivity index (χ1) is 13.8. The second-order valence-electron chi connectivity index (χ2n) is 6.25. The molecule has 0 unspecified atom stereocenters. The van der Waals surface area contributed by atoms with Crippen molar-refractivity contribution in [3.8, 4) is 0 Å². The molecule has 0 fully saturated rings. The fourth-order valence-electron chi connectivity index (χ4n) is 2.67. The van der Waals surface area contributed by atoms with Gasteiger partial charge in [-0.1, -0.05) is 53.5 Å². The highest BCUT2D eigenvalue weighted by atomic mass is 35.5. The molecule has 5 nitrogen and oxygen atoms in total. The molecule has 0 bridgehead atoms. The summed E-state index contributed by atoms with van der Waals surface area (Å²) in [5.41, 5.74) is 1.44. The quantitative estimate of drug-likeness (QED) is 0.591. The largest absolute Gasteiger partial charge is 0.348 e. The van der Waals surface area contributed by atoms with Crippen molar-refractivity contribution in [2.45, 2.75) is 11.4 Å². The molecule has 0 aromatic heterocycles. The van der Waals surface area contributed by atoms with Crippen LogP contribution in [0.3, 0.4) is 0 Å². The Morgan fingerprint density at radius 2 is 1.69 bits per heavy atom. The number of benzene rings is 3. The second-order valence-corrected chi connectivity index (χ2v) is 9.07. The summed E-state index contributed by atoms with van der Waals surface area (Å²) in [4.78, 5) is 12.7. The average Bonchev–Trinajstić information content (AvgIpc) is 2.73. The van der Waals surface area contributed by atoms with Gasteiger partial charge in [0, 0.05) is 29.2 Å². The molecular formula is C21H18Cl2N2O3S. The topological polar surface area (TPSA) is 66.5 Å². The Kier molecular flexibility index (Phi) is 6.47. The second kappa shape index (κ2) is 8.86. The molecule has 3 rings (SSSR count). The summed E-state index contributed by atoms with van der Waals surface area (Å²) in [7, 11) is -2.28. The number of hydrogen-bond donors (Lipinski definition) is 1. The standard InChI is InChI=1S/C21H18Cl2N2O3S/c1-25(29(27,28)19-8-3-2-4-9-19)18-7-5-6-15(12-18)21(26)24-14-16-10-11-17(22)13-20(16)23/h2-13H,14H2,1H3,(H,24,26). The van der Waals surface area contributed by atoms with E-state index in [2.05, 4.69) is 5.32 Å². The van der Waals surface area contributed by atoms with Gasteiger partial charge in [0.25, 0.3) is 15.9 Å². The SMILES string of the molecule is CN(c1cccc(C(=O)NCc2ccc(Cl)cc2Cl)c1)S(=O)(=O)c1ccccc1. The van der Waals surface area contributed by atoms with E-state index in [0.717, 1.165) is 9.87 Å². The van der Waals surface area contributed by atoms with E-state index in [4.69, 9.17) is 23.2 Å². The molecule has 0 radical (unpaired) electrons. The number of carbonyl (C=O) groups is 1. The predicted octanol–water partition coefficient (Wildman–Crippen LogP) is 4.75. The van der Waals surface area contributed by atoms with Crippen molar-refractivity contribution in [1.82, 2.24) is 5.32 Å². The van der Waals surface area contributed by atoms with Crippen LogP contribution in [-0.2, 0) is 16.6 Å². The lowest BCUT2D eigenvalue weighted by Gasteiger charge is -2.20. The van der Waals surface area contributed by atoms with Crippen LogP contribution in [-0.4, -0.2) is 21.4 Å². The lowest BCUT2D eigenvalue weighted by Crippen LogP contribution is -2.27. The van der Waals surface area contributed by atoms with Gasteiger partial charge in [0.1, 0.15) is 0 Å². The first kappa shape index (κ1) is 21.2. The Balaban J connectivity index is 1.77. The van der Waals surface area contributed by atoms with Crippen molar-refractivity contribution in [2.24, 2.45) is 0 Å². The van der Waals surface area contributed by atoms with E-state index in [9.17, 15) is 13.2 Å². The van der Waals surface area contributed by atoms with Gasteiger partial charge in [-0.15, -0.1) is 0 Å². The minimum absolute atomic E-state index is 0.176. The highest BCUT2D eigenvalue weighted by Crippen LogP contribution is 2.23. The molecule has 3 aromatic rings. The maximum absolute atomic E-state index is 12.8. The molecule has 29 heavy (non-hydrogen) atoms. The third kappa shape index (κ3) is 4.90. The number of nitrogens with zero attached hydrogens (tertiary/aromatic N) is 1. The zero-order valence-electron chi connectivity index (χ0n) is 15.5. The molecule has 0 aliphatic rings. The van der Waals surface area contributed by atoms with Crippen LogP contribution >= 0.6 is 23.2 Å². The number of nitrogens with one attached hydrogen (secondary N) is 1. The van der Waals surface area contributed by atoms with Crippen LogP contribution in [0, 0.1) is 0 Å². The Bertz CT molecular complexity index is 1140. The summed E-state index contributed by atoms with van der Waals surface area (Å²) in [5, 5.41) is 3.75. The fraction of sp³-hybridized carbons (Fsp3) is 0.0952. The normalized spacial score (nSPS) is 11.1. The summed E-state index contributed by atoms with van der Waals surface area (Å²) in [6, 6.07) is 19.6. The molecule has 0 saturated carbocycles. The zero-order valence-corrected chi connectivity index (χ0v) is 17.8. The first-order valence-corrected chi connectivity index (χ1v) is 10.8. The number of hydrogen-bond acceptors (Lipinski definition) is 3. The van der Waals surface area contributed by atoms with Gasteiger partial charge in [0.2, 0.25) is 0 Å². The maximum atomic E-state index is 12.8. The molecule has 3 aromatic carbocycles. The number of sulfonamides is 1. The van der Waals surface area contributed by atoms with Gasteiger partial charge in [-0.25, -0.2) is 8.42 Å². The van der Waals surface area contributed by atoms with Crippen LogP contribution in [0.25, 0.3) is 0 Å².